The van der Waals surface area contributed by atoms with E-state index in [9.17, 15) is 10.2 Å². The first-order valence-electron chi connectivity index (χ1n) is 24.6. The van der Waals surface area contributed by atoms with E-state index in [0.29, 0.717) is 11.6 Å². The number of fused-ring (bicyclic) bond motifs is 5. The summed E-state index contributed by atoms with van der Waals surface area (Å²) in [4.78, 5) is 0. The van der Waals surface area contributed by atoms with Crippen molar-refractivity contribution in [1.29, 1.82) is 0 Å². The monoisotopic (exact) mass is 1070 g/mol. The van der Waals surface area contributed by atoms with Crippen molar-refractivity contribution in [3.05, 3.63) is 215 Å². The minimum Gasteiger partial charge on any atom is -1.00 e. The number of benzene rings is 7. The number of nitrogens with zero attached hydrogens (tertiary/aromatic N) is 2. The normalized spacial score (nSPS) is 23.3. The third-order valence-electron chi connectivity index (χ3n) is 16.4. The molecule has 7 aromatic rings. The third-order valence-corrected chi connectivity index (χ3v) is 16.7. The molecule has 0 radical (unpaired) electrons. The summed E-state index contributed by atoms with van der Waals surface area (Å²) in [6.45, 7) is 10.2. The lowest BCUT2D eigenvalue weighted by atomic mass is 9.63. The van der Waals surface area contributed by atoms with E-state index >= 15 is 0 Å². The highest BCUT2D eigenvalue weighted by Gasteiger charge is 2.66. The zero-order valence-electron chi connectivity index (χ0n) is 39.5. The number of ether oxygens (including phenoxy) is 2. The van der Waals surface area contributed by atoms with Crippen molar-refractivity contribution in [1.82, 2.24) is 0 Å². The molecule has 360 valence electrons. The van der Waals surface area contributed by atoms with Gasteiger partial charge in [0.25, 0.3) is 0 Å². The number of hydrogen-bond donors (Lipinski definition) is 2. The van der Waals surface area contributed by atoms with E-state index in [1.165, 1.54) is 10.8 Å². The van der Waals surface area contributed by atoms with Crippen LogP contribution >= 0.6 is 11.6 Å². The van der Waals surface area contributed by atoms with E-state index in [1.807, 2.05) is 72.8 Å². The molecule has 2 N–H and O–H groups in total. The van der Waals surface area contributed by atoms with Gasteiger partial charge in [-0.1, -0.05) is 169 Å². The molecule has 0 amide bonds. The summed E-state index contributed by atoms with van der Waals surface area (Å²) < 4.78 is 14.3. The first-order chi connectivity index (χ1) is 32.7. The van der Waals surface area contributed by atoms with Crippen LogP contribution in [0.15, 0.2) is 188 Å². The highest BCUT2D eigenvalue weighted by atomic mass is 79.9. The van der Waals surface area contributed by atoms with E-state index in [4.69, 9.17) is 21.1 Å². The van der Waals surface area contributed by atoms with Crippen molar-refractivity contribution in [2.45, 2.75) is 49.7 Å². The van der Waals surface area contributed by atoms with Crippen molar-refractivity contribution < 1.29 is 62.6 Å². The highest BCUT2D eigenvalue weighted by molar-refractivity contribution is 6.30. The molecule has 7 aromatic carbocycles. The van der Waals surface area contributed by atoms with Gasteiger partial charge in [-0.2, -0.15) is 0 Å². The molecule has 6 nitrogen and oxygen atoms in total. The van der Waals surface area contributed by atoms with Crippen molar-refractivity contribution in [3.8, 4) is 11.5 Å². The fourth-order valence-electron chi connectivity index (χ4n) is 13.0. The lowest BCUT2D eigenvalue weighted by Gasteiger charge is -2.42. The van der Waals surface area contributed by atoms with Gasteiger partial charge in [-0.3, -0.25) is 0 Å². The van der Waals surface area contributed by atoms with Crippen LogP contribution < -0.4 is 43.4 Å². The first-order valence-corrected chi connectivity index (χ1v) is 24.9. The van der Waals surface area contributed by atoms with Crippen LogP contribution in [0.5, 0.6) is 11.5 Å². The van der Waals surface area contributed by atoms with E-state index in [1.54, 1.807) is 0 Å². The van der Waals surface area contributed by atoms with Crippen LogP contribution in [0.1, 0.15) is 60.8 Å². The highest BCUT2D eigenvalue weighted by Crippen LogP contribution is 2.60. The van der Waals surface area contributed by atoms with Crippen LogP contribution in [0.3, 0.4) is 0 Å². The standard InChI is InChI=1S/C32H34NO2.C28H31ClNO2.2BrH/c34-32(28-12-3-1-4-13-28,29-14-5-2-6-15-29)31-18-21-33(25-31,22-19-31)20-9-23-35-30-17-16-26-10-7-8-11-27(26)24-30;29-25-13-7-14-26(21-25)32-20-8-17-30-18-15-27(22-30,16-19-30)28(31,23-9-3-1-4-10-23)24-11-5-2-6-12-24;;/h1-8,10-17,24,34H,9,18-23,25H2;1-7,9-14,21,31H,8,15-20,22H2;2*1H/q2*+1;;/p-2. The van der Waals surface area contributed by atoms with Crippen LogP contribution in [0.25, 0.3) is 10.8 Å². The van der Waals surface area contributed by atoms with Crippen molar-refractivity contribution >= 4 is 22.4 Å². The predicted octanol–water partition coefficient (Wildman–Crippen LogP) is 5.82. The molecule has 4 aliphatic heterocycles. The van der Waals surface area contributed by atoms with Gasteiger partial charge in [-0.25, -0.2) is 0 Å². The Morgan fingerprint density at radius 2 is 0.812 bits per heavy atom. The molecule has 0 aliphatic carbocycles. The maximum Gasteiger partial charge on any atom is 0.126 e. The molecule has 11 rings (SSSR count). The molecule has 0 spiro atoms. The maximum absolute atomic E-state index is 12.5. The Kier molecular flexibility index (Phi) is 15.8. The van der Waals surface area contributed by atoms with Gasteiger partial charge in [0.2, 0.25) is 0 Å². The number of hydrogen-bond acceptors (Lipinski definition) is 4. The summed E-state index contributed by atoms with van der Waals surface area (Å²) in [6, 6.07) is 63.6. The van der Waals surface area contributed by atoms with Crippen molar-refractivity contribution in [3.63, 3.8) is 0 Å². The number of rotatable bonds is 16. The molecular weight excluding hydrogens is 1010 g/mol. The molecule has 4 bridgehead atoms. The number of halogens is 3. The summed E-state index contributed by atoms with van der Waals surface area (Å²) in [5.41, 5.74) is 1.87. The fraction of sp³-hybridized carbons (Fsp3) is 0.333. The number of piperidine rings is 2. The molecule has 0 aromatic heterocycles. The van der Waals surface area contributed by atoms with Gasteiger partial charge in [0.05, 0.1) is 76.4 Å². The third kappa shape index (κ3) is 9.93. The van der Waals surface area contributed by atoms with Gasteiger partial charge in [0.1, 0.15) is 22.7 Å². The van der Waals surface area contributed by atoms with Gasteiger partial charge in [-0.15, -0.1) is 0 Å². The van der Waals surface area contributed by atoms with Gasteiger partial charge in [-0.05, 0) is 63.4 Å². The Hall–Kier alpha value is -4.51. The smallest absolute Gasteiger partial charge is 0.126 e. The molecule has 4 aliphatic rings. The molecule has 4 saturated heterocycles. The molecule has 0 unspecified atom stereocenters. The quantitative estimate of drug-likeness (QED) is 0.0948. The van der Waals surface area contributed by atoms with Crippen molar-refractivity contribution in [2.75, 3.05) is 65.6 Å². The molecule has 0 atom stereocenters. The van der Waals surface area contributed by atoms with Crippen LogP contribution in [0.2, 0.25) is 5.02 Å². The number of aliphatic hydroxyl groups is 2. The second-order valence-corrected chi connectivity index (χ2v) is 20.6. The maximum atomic E-state index is 12.5. The van der Waals surface area contributed by atoms with Gasteiger partial charge in [0.15, 0.2) is 0 Å². The Morgan fingerprint density at radius 3 is 1.22 bits per heavy atom. The molecule has 9 heteroatoms. The Balaban J connectivity index is 0.000000182. The second-order valence-electron chi connectivity index (χ2n) is 20.2. The summed E-state index contributed by atoms with van der Waals surface area (Å²) in [5, 5.41) is 28.1. The molecular formula is C60H65Br2ClN2O4. The van der Waals surface area contributed by atoms with Gasteiger partial charge < -0.3 is 62.6 Å². The topological polar surface area (TPSA) is 58.9 Å². The van der Waals surface area contributed by atoms with Crippen LogP contribution in [-0.2, 0) is 11.2 Å². The lowest BCUT2D eigenvalue weighted by molar-refractivity contribution is -0.909. The SMILES string of the molecule is OC(c1ccccc1)(c1ccccc1)C12CC[N+](CCCOc3ccc4ccccc4c3)(CC1)C2.OC(c1ccccc1)(c1ccccc1)C12CC[N+](CCCOc3cccc(Cl)c3)(CC1)C2.[Br-].[Br-]. The van der Waals surface area contributed by atoms with E-state index in [0.717, 1.165) is 140 Å². The van der Waals surface area contributed by atoms with E-state index < -0.39 is 11.2 Å². The summed E-state index contributed by atoms with van der Waals surface area (Å²) in [5.74, 6) is 1.78. The summed E-state index contributed by atoms with van der Waals surface area (Å²) in [6.07, 6.45) is 6.22. The summed E-state index contributed by atoms with van der Waals surface area (Å²) in [7, 11) is 0. The van der Waals surface area contributed by atoms with Gasteiger partial charge in [0, 0.05) is 43.5 Å². The molecule has 4 fully saturated rings. The van der Waals surface area contributed by atoms with Crippen LogP contribution in [-0.4, -0.2) is 84.8 Å². The average Bonchev–Trinajstić information content (AvgIpc) is 4.18. The second kappa shape index (κ2) is 21.5. The van der Waals surface area contributed by atoms with Crippen LogP contribution in [0.4, 0.5) is 0 Å². The number of quaternary nitrogens is 2. The lowest BCUT2D eigenvalue weighted by Crippen LogP contribution is -3.00. The zero-order chi connectivity index (χ0) is 45.8. The molecule has 69 heavy (non-hydrogen) atoms. The first kappa shape index (κ1) is 50.9. The minimum atomic E-state index is -0.969. The Bertz CT molecular complexity index is 2650. The molecule has 4 heterocycles. The molecule has 0 saturated carbocycles. The fourth-order valence-corrected chi connectivity index (χ4v) is 13.2. The minimum absolute atomic E-state index is 0. The average molecular weight is 1070 g/mol. The Labute approximate surface area is 435 Å². The zero-order valence-corrected chi connectivity index (χ0v) is 43.4. The Morgan fingerprint density at radius 1 is 0.435 bits per heavy atom. The van der Waals surface area contributed by atoms with E-state index in [-0.39, 0.29) is 44.8 Å². The van der Waals surface area contributed by atoms with Crippen LogP contribution in [0, 0.1) is 10.8 Å². The van der Waals surface area contributed by atoms with Gasteiger partial charge >= 0.3 is 0 Å². The van der Waals surface area contributed by atoms with E-state index in [2.05, 4.69) is 115 Å². The van der Waals surface area contributed by atoms with Crippen molar-refractivity contribution in [2.24, 2.45) is 10.8 Å². The largest absolute Gasteiger partial charge is 1.00 e. The predicted molar refractivity (Wildman–Crippen MR) is 270 cm³/mol. The summed E-state index contributed by atoms with van der Waals surface area (Å²) >= 11 is 6.06.